The first kappa shape index (κ1) is 71.0. The summed E-state index contributed by atoms with van der Waals surface area (Å²) in [4.78, 5) is 0. The maximum Gasteiger partial charge on any atom is 3.00 e. The van der Waals surface area contributed by atoms with Crippen molar-refractivity contribution in [3.8, 4) is 11.5 Å². The van der Waals surface area contributed by atoms with E-state index < -0.39 is 85.8 Å². The van der Waals surface area contributed by atoms with Gasteiger partial charge in [-0.15, -0.1) is 24.6 Å². The molecule has 0 aromatic heterocycles. The summed E-state index contributed by atoms with van der Waals surface area (Å²) in [6.07, 6.45) is 37.2. The third-order valence-electron chi connectivity index (χ3n) is 19.8. The maximum atomic E-state index is 12.2. The Labute approximate surface area is 479 Å². The van der Waals surface area contributed by atoms with Gasteiger partial charge in [-0.2, -0.15) is 17.6 Å². The average molecular weight is 1240 g/mol. The van der Waals surface area contributed by atoms with Crippen molar-refractivity contribution in [2.75, 3.05) is 0 Å². The zero-order valence-electron chi connectivity index (χ0n) is 45.1. The van der Waals surface area contributed by atoms with Crippen molar-refractivity contribution in [3.05, 3.63) is 112 Å². The molecule has 10 rings (SSSR count). The molecular weight excluding hydrogens is 1160 g/mol. The minimum absolute atomic E-state index is 0. The molecule has 16 heteroatoms. The number of fused-ring (bicyclic) bond motifs is 4. The third kappa shape index (κ3) is 14.1. The molecule has 2 aromatic rings. The standard InChI is InChI=1S/2C21H36Si.2C6HF5O.4CH3.2Zr/c2*1-3-22(2,20-14-12-16-8-4-6-10-18(16)20)21-15-13-17-9-5-7-11-19(17)21;2*7-1-2(8)4(10)6(12)5(11)3(1)9;;;;;;/h2*3,16-21H,1,4-15H2,2H3;2*12H;4*1H3;;/q;;;;4*-1;;+3. The fourth-order valence-electron chi connectivity index (χ4n) is 16.4. The Morgan fingerprint density at radius 3 is 0.703 bits per heavy atom. The van der Waals surface area contributed by atoms with Crippen LogP contribution in [0.5, 0.6) is 11.5 Å². The molecule has 0 bridgehead atoms. The molecule has 8 saturated carbocycles. The van der Waals surface area contributed by atoms with Gasteiger partial charge in [-0.05, 0) is 69.5 Å². The van der Waals surface area contributed by atoms with Gasteiger partial charge in [-0.25, -0.2) is 26.3 Å². The van der Waals surface area contributed by atoms with Crippen LogP contribution in [0, 0.1) is 135 Å². The number of benzene rings is 2. The predicted octanol–water partition coefficient (Wildman–Crippen LogP) is 19.4. The minimum atomic E-state index is -2.29. The molecule has 0 heterocycles. The first-order chi connectivity index (χ1) is 32.4. The fraction of sp³-hybridized carbons (Fsp3) is 0.655. The smallest absolute Gasteiger partial charge is 0.503 e. The van der Waals surface area contributed by atoms with Crippen LogP contribution in [-0.4, -0.2) is 26.4 Å². The van der Waals surface area contributed by atoms with Crippen LogP contribution in [0.15, 0.2) is 24.6 Å². The van der Waals surface area contributed by atoms with Crippen LogP contribution in [0.25, 0.3) is 0 Å². The topological polar surface area (TPSA) is 40.5 Å². The molecule has 2 aromatic carbocycles. The van der Waals surface area contributed by atoms with Crippen molar-refractivity contribution < 1.29 is 107 Å². The molecule has 74 heavy (non-hydrogen) atoms. The van der Waals surface area contributed by atoms with Gasteiger partial charge in [-0.1, -0.05) is 167 Å². The number of phenols is 2. The van der Waals surface area contributed by atoms with Crippen LogP contribution in [0.3, 0.4) is 0 Å². The van der Waals surface area contributed by atoms with E-state index in [0.717, 1.165) is 69.5 Å². The molecule has 8 fully saturated rings. The number of aromatic hydroxyl groups is 2. The van der Waals surface area contributed by atoms with Gasteiger partial charge in [0.05, 0.1) is 16.1 Å². The monoisotopic (exact) mass is 1240 g/mol. The maximum absolute atomic E-state index is 12.2. The van der Waals surface area contributed by atoms with Crippen molar-refractivity contribution >= 4 is 16.1 Å². The summed E-state index contributed by atoms with van der Waals surface area (Å²) in [6.45, 7) is 14.5. The number of halogens is 10. The summed E-state index contributed by atoms with van der Waals surface area (Å²) < 4.78 is 121. The molecule has 8 aliphatic rings. The molecule has 0 saturated heterocycles. The largest absolute Gasteiger partial charge is 3.00 e. The Morgan fingerprint density at radius 2 is 0.514 bits per heavy atom. The minimum Gasteiger partial charge on any atom is -0.503 e. The van der Waals surface area contributed by atoms with Gasteiger partial charge in [0.2, 0.25) is 58.2 Å². The van der Waals surface area contributed by atoms with Crippen LogP contribution in [0.2, 0.25) is 35.3 Å². The number of hydrogen-bond donors (Lipinski definition) is 2. The molecule has 0 aliphatic heterocycles. The summed E-state index contributed by atoms with van der Waals surface area (Å²) >= 11 is 0. The first-order valence-electron chi connectivity index (χ1n) is 26.1. The molecule has 8 aliphatic carbocycles. The molecule has 1 radical (unpaired) electrons. The Hall–Kier alpha value is -0.980. The van der Waals surface area contributed by atoms with Crippen LogP contribution < -0.4 is 0 Å². The van der Waals surface area contributed by atoms with Gasteiger partial charge in [0, 0.05) is 26.2 Å². The van der Waals surface area contributed by atoms with Gasteiger partial charge in [0.25, 0.3) is 0 Å². The van der Waals surface area contributed by atoms with Gasteiger partial charge >= 0.3 is 26.2 Å². The molecular formula is C58H86F10O2Si2Zr2-. The van der Waals surface area contributed by atoms with E-state index in [0.29, 0.717) is 0 Å². The zero-order valence-corrected chi connectivity index (χ0v) is 52.1. The van der Waals surface area contributed by atoms with Crippen LogP contribution in [0.4, 0.5) is 43.9 Å². The van der Waals surface area contributed by atoms with E-state index in [9.17, 15) is 43.9 Å². The Morgan fingerprint density at radius 1 is 0.338 bits per heavy atom. The third-order valence-corrected chi connectivity index (χ3v) is 30.8. The Kier molecular flexibility index (Phi) is 29.3. The Bertz CT molecular complexity index is 1700. The van der Waals surface area contributed by atoms with Crippen LogP contribution in [-0.2, 0) is 52.4 Å². The molecule has 12 unspecified atom stereocenters. The van der Waals surface area contributed by atoms with Crippen molar-refractivity contribution in [1.29, 1.82) is 0 Å². The van der Waals surface area contributed by atoms with E-state index >= 15 is 0 Å². The molecule has 2 N–H and O–H groups in total. The number of hydrogen-bond acceptors (Lipinski definition) is 2. The van der Waals surface area contributed by atoms with Gasteiger partial charge in [0.1, 0.15) is 0 Å². The predicted molar refractivity (Wildman–Crippen MR) is 279 cm³/mol. The van der Waals surface area contributed by atoms with E-state index in [1.807, 2.05) is 0 Å². The van der Waals surface area contributed by atoms with E-state index in [4.69, 9.17) is 10.2 Å². The second-order valence-corrected chi connectivity index (χ2v) is 31.8. The van der Waals surface area contributed by atoms with Crippen molar-refractivity contribution in [1.82, 2.24) is 0 Å². The molecule has 12 atom stereocenters. The second kappa shape index (κ2) is 30.6. The van der Waals surface area contributed by atoms with E-state index in [-0.39, 0.29) is 82.1 Å². The zero-order chi connectivity index (χ0) is 49.2. The van der Waals surface area contributed by atoms with Crippen LogP contribution >= 0.6 is 0 Å². The normalized spacial score (nSPS) is 31.6. The van der Waals surface area contributed by atoms with E-state index in [2.05, 4.69) is 37.7 Å². The summed E-state index contributed by atoms with van der Waals surface area (Å²) in [5.41, 5.74) is 9.55. The van der Waals surface area contributed by atoms with E-state index in [1.165, 1.54) is 51.4 Å². The molecule has 0 amide bonds. The molecule has 417 valence electrons. The summed E-state index contributed by atoms with van der Waals surface area (Å²) in [7, 11) is -2.62. The van der Waals surface area contributed by atoms with Crippen molar-refractivity contribution in [2.45, 2.75) is 189 Å². The summed E-state index contributed by atoms with van der Waals surface area (Å²) in [5.74, 6) is -17.0. The summed E-state index contributed by atoms with van der Waals surface area (Å²) in [5, 5.41) is 16.6. The molecule has 0 spiro atoms. The van der Waals surface area contributed by atoms with Crippen molar-refractivity contribution in [3.63, 3.8) is 0 Å². The van der Waals surface area contributed by atoms with Gasteiger partial charge < -0.3 is 39.9 Å². The average Bonchev–Trinajstić information content (AvgIpc) is 4.21. The van der Waals surface area contributed by atoms with Crippen molar-refractivity contribution in [2.24, 2.45) is 47.3 Å². The SMILES string of the molecule is C=C[Si](C)(C1CCC2CCCCC21)C1CCC2CCCCC21.C=C[Si](C)(C1CCC2CCCCC21)C1CCC2CCCCC21.Oc1c(F)c(F)c(F)c(F)c1F.Oc1c(F)c(F)c(F)c(F)c1F.[CH3-].[CH3-].[CH3-].[CH3-].[Zr+3].[Zr]. The molecule has 2 nitrogen and oxygen atoms in total. The van der Waals surface area contributed by atoms with Gasteiger partial charge in [0.15, 0.2) is 11.5 Å². The first-order valence-corrected chi connectivity index (χ1v) is 31.5. The van der Waals surface area contributed by atoms with Crippen LogP contribution in [0.1, 0.15) is 154 Å². The van der Waals surface area contributed by atoms with E-state index in [1.54, 1.807) is 103 Å². The van der Waals surface area contributed by atoms with Gasteiger partial charge in [-0.3, -0.25) is 0 Å². The Balaban J connectivity index is 0.000000499. The number of phenolic OH excluding ortho intramolecular Hbond substituents is 2. The fourth-order valence-corrected chi connectivity index (χ4v) is 27.3. The summed E-state index contributed by atoms with van der Waals surface area (Å²) in [6, 6.07) is 0. The second-order valence-electron chi connectivity index (χ2n) is 22.5. The number of rotatable bonds is 6. The quantitative estimate of drug-likeness (QED) is 0.0995.